The first-order valence-electron chi connectivity index (χ1n) is 6.07. The molecule has 0 aliphatic carbocycles. The zero-order valence-electron chi connectivity index (χ0n) is 11.0. The number of ether oxygens (including phenoxy) is 1. The molecule has 0 aliphatic heterocycles. The fourth-order valence-electron chi connectivity index (χ4n) is 1.41. The van der Waals surface area contributed by atoms with Crippen molar-refractivity contribution in [1.82, 2.24) is 4.98 Å². The van der Waals surface area contributed by atoms with Crippen molar-refractivity contribution in [2.24, 2.45) is 0 Å². The molecular formula is C12H20N2O3S. The minimum Gasteiger partial charge on any atom is -0.476 e. The van der Waals surface area contributed by atoms with E-state index < -0.39 is 5.97 Å². The standard InChI is InChI=1S/C12H20N2O3S/c1-8(2)17-7-5-4-6-13-12-14-10(11(15)16)9(3)18-12/h8H,4-7H2,1-3H3,(H,13,14)(H,15,16). The van der Waals surface area contributed by atoms with E-state index in [2.05, 4.69) is 10.3 Å². The number of rotatable bonds is 8. The Balaban J connectivity index is 2.23. The van der Waals surface area contributed by atoms with Gasteiger partial charge in [0.1, 0.15) is 0 Å². The minimum absolute atomic E-state index is 0.144. The van der Waals surface area contributed by atoms with Gasteiger partial charge < -0.3 is 15.2 Å². The van der Waals surface area contributed by atoms with Crippen molar-refractivity contribution in [2.75, 3.05) is 18.5 Å². The maximum absolute atomic E-state index is 10.8. The molecule has 0 atom stereocenters. The Morgan fingerprint density at radius 1 is 1.50 bits per heavy atom. The molecule has 2 N–H and O–H groups in total. The molecule has 1 rings (SSSR count). The highest BCUT2D eigenvalue weighted by Crippen LogP contribution is 2.21. The molecule has 102 valence electrons. The van der Waals surface area contributed by atoms with Crippen LogP contribution in [-0.4, -0.2) is 35.3 Å². The van der Waals surface area contributed by atoms with Crippen LogP contribution in [0.3, 0.4) is 0 Å². The summed E-state index contributed by atoms with van der Waals surface area (Å²) < 4.78 is 5.43. The predicted octanol–water partition coefficient (Wildman–Crippen LogP) is 2.77. The van der Waals surface area contributed by atoms with Gasteiger partial charge in [0.2, 0.25) is 0 Å². The van der Waals surface area contributed by atoms with Crippen LogP contribution in [0.25, 0.3) is 0 Å². The topological polar surface area (TPSA) is 71.5 Å². The van der Waals surface area contributed by atoms with Gasteiger partial charge in [-0.2, -0.15) is 0 Å². The maximum Gasteiger partial charge on any atom is 0.355 e. The lowest BCUT2D eigenvalue weighted by Gasteiger charge is -2.07. The van der Waals surface area contributed by atoms with Crippen molar-refractivity contribution in [1.29, 1.82) is 0 Å². The summed E-state index contributed by atoms with van der Waals surface area (Å²) >= 11 is 1.38. The molecule has 5 nitrogen and oxygen atoms in total. The Morgan fingerprint density at radius 3 is 2.78 bits per heavy atom. The number of nitrogens with one attached hydrogen (secondary N) is 1. The fourth-order valence-corrected chi connectivity index (χ4v) is 2.24. The van der Waals surface area contributed by atoms with E-state index in [-0.39, 0.29) is 11.8 Å². The lowest BCUT2D eigenvalue weighted by molar-refractivity contribution is 0.0690. The van der Waals surface area contributed by atoms with E-state index >= 15 is 0 Å². The average Bonchev–Trinajstić information content (AvgIpc) is 2.64. The summed E-state index contributed by atoms with van der Waals surface area (Å²) in [6, 6.07) is 0. The van der Waals surface area contributed by atoms with Crippen LogP contribution in [0.15, 0.2) is 0 Å². The van der Waals surface area contributed by atoms with Crippen LogP contribution in [-0.2, 0) is 4.74 Å². The number of aryl methyl sites for hydroxylation is 1. The number of hydrogen-bond acceptors (Lipinski definition) is 5. The highest BCUT2D eigenvalue weighted by atomic mass is 32.1. The Bertz CT molecular complexity index is 391. The number of anilines is 1. The first-order chi connectivity index (χ1) is 8.50. The number of unbranched alkanes of at least 4 members (excludes halogenated alkanes) is 1. The molecule has 0 saturated carbocycles. The Hall–Kier alpha value is -1.14. The molecule has 1 aromatic rings. The van der Waals surface area contributed by atoms with Crippen molar-refractivity contribution in [2.45, 2.75) is 39.7 Å². The number of nitrogens with zero attached hydrogens (tertiary/aromatic N) is 1. The average molecular weight is 272 g/mol. The van der Waals surface area contributed by atoms with Gasteiger partial charge in [0.25, 0.3) is 0 Å². The number of hydrogen-bond donors (Lipinski definition) is 2. The summed E-state index contributed by atoms with van der Waals surface area (Å²) in [7, 11) is 0. The summed E-state index contributed by atoms with van der Waals surface area (Å²) in [6.45, 7) is 7.35. The second kappa shape index (κ2) is 7.33. The monoisotopic (exact) mass is 272 g/mol. The molecule has 1 aromatic heterocycles. The number of carbonyl (C=O) groups is 1. The van der Waals surface area contributed by atoms with Crippen LogP contribution in [0.5, 0.6) is 0 Å². The van der Waals surface area contributed by atoms with Gasteiger partial charge in [-0.3, -0.25) is 0 Å². The first kappa shape index (κ1) is 14.9. The normalized spacial score (nSPS) is 10.9. The van der Waals surface area contributed by atoms with Crippen LogP contribution in [0.1, 0.15) is 42.1 Å². The van der Waals surface area contributed by atoms with Crippen LogP contribution >= 0.6 is 11.3 Å². The fraction of sp³-hybridized carbons (Fsp3) is 0.667. The molecular weight excluding hydrogens is 252 g/mol. The number of thiazole rings is 1. The number of aromatic carboxylic acids is 1. The van der Waals surface area contributed by atoms with E-state index in [0.29, 0.717) is 5.13 Å². The number of carboxylic acids is 1. The van der Waals surface area contributed by atoms with Gasteiger partial charge in [-0.25, -0.2) is 9.78 Å². The zero-order valence-corrected chi connectivity index (χ0v) is 11.8. The summed E-state index contributed by atoms with van der Waals surface area (Å²) in [5, 5.41) is 12.7. The molecule has 0 radical (unpaired) electrons. The largest absolute Gasteiger partial charge is 0.476 e. The van der Waals surface area contributed by atoms with Crippen molar-refractivity contribution >= 4 is 22.4 Å². The van der Waals surface area contributed by atoms with Gasteiger partial charge >= 0.3 is 5.97 Å². The van der Waals surface area contributed by atoms with E-state index in [0.717, 1.165) is 30.9 Å². The molecule has 0 spiro atoms. The van der Waals surface area contributed by atoms with Crippen LogP contribution in [0.4, 0.5) is 5.13 Å². The van der Waals surface area contributed by atoms with E-state index in [1.54, 1.807) is 6.92 Å². The predicted molar refractivity (Wildman–Crippen MR) is 72.6 cm³/mol. The summed E-state index contributed by atoms with van der Waals surface area (Å²) in [5.74, 6) is -0.970. The highest BCUT2D eigenvalue weighted by Gasteiger charge is 2.13. The van der Waals surface area contributed by atoms with Crippen molar-refractivity contribution < 1.29 is 14.6 Å². The first-order valence-corrected chi connectivity index (χ1v) is 6.88. The van der Waals surface area contributed by atoms with E-state index in [1.165, 1.54) is 11.3 Å². The third kappa shape index (κ3) is 5.01. The van der Waals surface area contributed by atoms with Gasteiger partial charge in [-0.15, -0.1) is 11.3 Å². The molecule has 1 heterocycles. The lowest BCUT2D eigenvalue weighted by Crippen LogP contribution is -2.07. The van der Waals surface area contributed by atoms with Gasteiger partial charge in [-0.05, 0) is 33.6 Å². The molecule has 6 heteroatoms. The molecule has 0 aromatic carbocycles. The maximum atomic E-state index is 10.8. The molecule has 0 saturated heterocycles. The van der Waals surface area contributed by atoms with Gasteiger partial charge in [0.05, 0.1) is 6.10 Å². The molecule has 0 fully saturated rings. The lowest BCUT2D eigenvalue weighted by atomic mass is 10.3. The smallest absolute Gasteiger partial charge is 0.355 e. The molecule has 18 heavy (non-hydrogen) atoms. The number of carboxylic acid groups (broad SMARTS) is 1. The Kier molecular flexibility index (Phi) is 6.07. The van der Waals surface area contributed by atoms with E-state index in [1.807, 2.05) is 13.8 Å². The third-order valence-corrected chi connectivity index (χ3v) is 3.23. The molecule has 0 bridgehead atoms. The SMILES string of the molecule is Cc1sc(NCCCCOC(C)C)nc1C(=O)O. The Morgan fingerprint density at radius 2 is 2.22 bits per heavy atom. The van der Waals surface area contributed by atoms with Crippen molar-refractivity contribution in [3.63, 3.8) is 0 Å². The molecule has 0 amide bonds. The highest BCUT2D eigenvalue weighted by molar-refractivity contribution is 7.15. The second-order valence-corrected chi connectivity index (χ2v) is 5.49. The minimum atomic E-state index is -0.970. The van der Waals surface area contributed by atoms with Gasteiger partial charge in [0, 0.05) is 18.0 Å². The third-order valence-electron chi connectivity index (χ3n) is 2.30. The summed E-state index contributed by atoms with van der Waals surface area (Å²) in [6.07, 6.45) is 2.24. The quantitative estimate of drug-likeness (QED) is 0.712. The summed E-state index contributed by atoms with van der Waals surface area (Å²) in [5.41, 5.74) is 0.144. The van der Waals surface area contributed by atoms with E-state index in [4.69, 9.17) is 9.84 Å². The number of aromatic nitrogens is 1. The van der Waals surface area contributed by atoms with Crippen LogP contribution in [0.2, 0.25) is 0 Å². The van der Waals surface area contributed by atoms with Crippen molar-refractivity contribution in [3.8, 4) is 0 Å². The molecule has 0 unspecified atom stereocenters. The van der Waals surface area contributed by atoms with Gasteiger partial charge in [0.15, 0.2) is 10.8 Å². The Labute approximate surface area is 111 Å². The zero-order chi connectivity index (χ0) is 13.5. The van der Waals surface area contributed by atoms with E-state index in [9.17, 15) is 4.79 Å². The molecule has 0 aliphatic rings. The van der Waals surface area contributed by atoms with Gasteiger partial charge in [-0.1, -0.05) is 0 Å². The van der Waals surface area contributed by atoms with Crippen molar-refractivity contribution in [3.05, 3.63) is 10.6 Å². The van der Waals surface area contributed by atoms with Crippen LogP contribution < -0.4 is 5.32 Å². The van der Waals surface area contributed by atoms with Crippen LogP contribution in [0, 0.1) is 6.92 Å². The summed E-state index contributed by atoms with van der Waals surface area (Å²) in [4.78, 5) is 15.6. The second-order valence-electron chi connectivity index (χ2n) is 4.28.